The molecule has 156 valence electrons. The van der Waals surface area contributed by atoms with E-state index in [1.54, 1.807) is 12.1 Å². The average molecular weight is 425 g/mol. The lowest BCUT2D eigenvalue weighted by Crippen LogP contribution is -2.44. The Kier molecular flexibility index (Phi) is 5.03. The van der Waals surface area contributed by atoms with Crippen molar-refractivity contribution in [3.05, 3.63) is 69.7 Å². The SMILES string of the molecule is O=C(O)c1ccc(C2=NOC3(CCN(Cc4cc(C5CC5)ccc4Cl)CC3)C2)cc1. The number of nitrogens with zero attached hydrogens (tertiary/aromatic N) is 2. The summed E-state index contributed by atoms with van der Waals surface area (Å²) in [5.41, 5.74) is 4.53. The van der Waals surface area contributed by atoms with Gasteiger partial charge in [-0.1, -0.05) is 41.0 Å². The molecule has 6 heteroatoms. The number of hydrogen-bond donors (Lipinski definition) is 1. The van der Waals surface area contributed by atoms with Crippen molar-refractivity contribution < 1.29 is 14.7 Å². The van der Waals surface area contributed by atoms with Crippen molar-refractivity contribution in [1.82, 2.24) is 4.90 Å². The summed E-state index contributed by atoms with van der Waals surface area (Å²) in [5, 5.41) is 14.3. The normalized spacial score (nSPS) is 20.8. The van der Waals surface area contributed by atoms with E-state index in [1.807, 2.05) is 18.2 Å². The maximum absolute atomic E-state index is 11.0. The molecule has 1 saturated carbocycles. The topological polar surface area (TPSA) is 62.1 Å². The number of carboxylic acid groups (broad SMARTS) is 1. The molecule has 0 atom stereocenters. The average Bonchev–Trinajstić information content (AvgIpc) is 3.53. The van der Waals surface area contributed by atoms with Crippen molar-refractivity contribution in [2.24, 2.45) is 5.16 Å². The van der Waals surface area contributed by atoms with E-state index in [0.717, 1.165) is 61.1 Å². The number of halogens is 1. The Morgan fingerprint density at radius 3 is 2.57 bits per heavy atom. The van der Waals surface area contributed by atoms with Crippen LogP contribution in [0.15, 0.2) is 47.6 Å². The largest absolute Gasteiger partial charge is 0.478 e. The minimum absolute atomic E-state index is 0.239. The molecule has 0 bridgehead atoms. The van der Waals surface area contributed by atoms with Gasteiger partial charge in [-0.15, -0.1) is 0 Å². The van der Waals surface area contributed by atoms with E-state index >= 15 is 0 Å². The van der Waals surface area contributed by atoms with Gasteiger partial charge in [0, 0.05) is 43.9 Å². The van der Waals surface area contributed by atoms with Gasteiger partial charge in [0.05, 0.1) is 11.3 Å². The van der Waals surface area contributed by atoms with Crippen LogP contribution in [-0.2, 0) is 11.4 Å². The van der Waals surface area contributed by atoms with Crippen LogP contribution in [0.4, 0.5) is 0 Å². The molecule has 2 aromatic rings. The summed E-state index contributed by atoms with van der Waals surface area (Å²) in [5.74, 6) is -0.185. The molecule has 0 unspecified atom stereocenters. The van der Waals surface area contributed by atoms with E-state index in [4.69, 9.17) is 21.5 Å². The quantitative estimate of drug-likeness (QED) is 0.727. The maximum atomic E-state index is 11.0. The summed E-state index contributed by atoms with van der Waals surface area (Å²) in [4.78, 5) is 19.4. The molecule has 2 heterocycles. The fourth-order valence-corrected chi connectivity index (χ4v) is 4.67. The van der Waals surface area contributed by atoms with Crippen LogP contribution in [0.5, 0.6) is 0 Å². The molecule has 3 aliphatic rings. The molecular formula is C24H25ClN2O3. The van der Waals surface area contributed by atoms with Crippen LogP contribution < -0.4 is 0 Å². The Hall–Kier alpha value is -2.37. The molecule has 2 aromatic carbocycles. The second kappa shape index (κ2) is 7.71. The standard InChI is InChI=1S/C24H25ClN2O3/c25-21-8-7-19(16-1-2-16)13-20(21)15-27-11-9-24(10-12-27)14-22(26-30-24)17-3-5-18(6-4-17)23(28)29/h3-8,13,16H,1-2,9-12,14-15H2,(H,28,29). The number of hydrogen-bond acceptors (Lipinski definition) is 4. The first-order chi connectivity index (χ1) is 14.5. The smallest absolute Gasteiger partial charge is 0.335 e. The van der Waals surface area contributed by atoms with E-state index < -0.39 is 5.97 Å². The number of carboxylic acids is 1. The highest BCUT2D eigenvalue weighted by atomic mass is 35.5. The number of oxime groups is 1. The predicted octanol–water partition coefficient (Wildman–Crippen LogP) is 5.07. The molecule has 5 nitrogen and oxygen atoms in total. The minimum Gasteiger partial charge on any atom is -0.478 e. The highest BCUT2D eigenvalue weighted by Crippen LogP contribution is 2.41. The lowest BCUT2D eigenvalue weighted by Gasteiger charge is -2.37. The van der Waals surface area contributed by atoms with Gasteiger partial charge in [0.25, 0.3) is 0 Å². The molecule has 30 heavy (non-hydrogen) atoms. The summed E-state index contributed by atoms with van der Waals surface area (Å²) in [6.07, 6.45) is 5.21. The second-order valence-corrected chi connectivity index (χ2v) is 9.18. The van der Waals surface area contributed by atoms with Gasteiger partial charge in [-0.2, -0.15) is 0 Å². The molecule has 2 fully saturated rings. The first-order valence-corrected chi connectivity index (χ1v) is 11.0. The number of carbonyl (C=O) groups is 1. The summed E-state index contributed by atoms with van der Waals surface area (Å²) >= 11 is 6.47. The molecule has 1 spiro atoms. The zero-order valence-electron chi connectivity index (χ0n) is 16.8. The van der Waals surface area contributed by atoms with Crippen LogP contribution in [0.25, 0.3) is 0 Å². The Labute approximate surface area is 181 Å². The van der Waals surface area contributed by atoms with Crippen LogP contribution in [0.1, 0.15) is 65.1 Å². The number of benzene rings is 2. The van der Waals surface area contributed by atoms with Crippen LogP contribution >= 0.6 is 11.6 Å². The first kappa shape index (κ1) is 19.6. The van der Waals surface area contributed by atoms with E-state index in [0.29, 0.717) is 0 Å². The maximum Gasteiger partial charge on any atom is 0.335 e. The number of rotatable bonds is 5. The molecule has 0 aromatic heterocycles. The van der Waals surface area contributed by atoms with Crippen LogP contribution in [0.3, 0.4) is 0 Å². The molecule has 2 aliphatic heterocycles. The molecule has 1 aliphatic carbocycles. The zero-order chi connectivity index (χ0) is 20.7. The van der Waals surface area contributed by atoms with E-state index in [9.17, 15) is 4.79 Å². The molecule has 1 N–H and O–H groups in total. The molecule has 0 radical (unpaired) electrons. The van der Waals surface area contributed by atoms with Crippen LogP contribution in [0.2, 0.25) is 5.02 Å². The number of piperidine rings is 1. The predicted molar refractivity (Wildman–Crippen MR) is 116 cm³/mol. The lowest BCUT2D eigenvalue weighted by atomic mass is 9.85. The summed E-state index contributed by atoms with van der Waals surface area (Å²) in [6.45, 7) is 2.77. The van der Waals surface area contributed by atoms with Gasteiger partial charge in [0.2, 0.25) is 0 Å². The van der Waals surface area contributed by atoms with Crippen molar-refractivity contribution in [2.75, 3.05) is 13.1 Å². The van der Waals surface area contributed by atoms with Crippen molar-refractivity contribution in [1.29, 1.82) is 0 Å². The lowest BCUT2D eigenvalue weighted by molar-refractivity contribution is -0.0626. The van der Waals surface area contributed by atoms with Crippen molar-refractivity contribution in [3.8, 4) is 0 Å². The van der Waals surface area contributed by atoms with Crippen LogP contribution in [0, 0.1) is 0 Å². The van der Waals surface area contributed by atoms with E-state index in [2.05, 4.69) is 22.2 Å². The molecular weight excluding hydrogens is 400 g/mol. The third kappa shape index (κ3) is 3.96. The van der Waals surface area contributed by atoms with Gasteiger partial charge in [-0.3, -0.25) is 4.90 Å². The van der Waals surface area contributed by atoms with E-state index in [1.165, 1.54) is 24.0 Å². The van der Waals surface area contributed by atoms with Crippen molar-refractivity contribution in [2.45, 2.75) is 50.2 Å². The Balaban J connectivity index is 1.19. The first-order valence-electron chi connectivity index (χ1n) is 10.6. The summed E-state index contributed by atoms with van der Waals surface area (Å²) in [7, 11) is 0. The fourth-order valence-electron chi connectivity index (χ4n) is 4.50. The van der Waals surface area contributed by atoms with Gasteiger partial charge in [0.15, 0.2) is 0 Å². The second-order valence-electron chi connectivity index (χ2n) is 8.77. The Bertz CT molecular complexity index is 990. The Morgan fingerprint density at radius 1 is 1.17 bits per heavy atom. The van der Waals surface area contributed by atoms with Crippen LogP contribution in [-0.4, -0.2) is 40.4 Å². The van der Waals surface area contributed by atoms with E-state index in [-0.39, 0.29) is 11.2 Å². The van der Waals surface area contributed by atoms with Gasteiger partial charge >= 0.3 is 5.97 Å². The Morgan fingerprint density at radius 2 is 1.90 bits per heavy atom. The highest BCUT2D eigenvalue weighted by molar-refractivity contribution is 6.31. The monoisotopic (exact) mass is 424 g/mol. The number of likely N-dealkylation sites (tertiary alicyclic amines) is 1. The molecule has 5 rings (SSSR count). The van der Waals surface area contributed by atoms with Gasteiger partial charge in [-0.05, 0) is 53.6 Å². The minimum atomic E-state index is -0.919. The summed E-state index contributed by atoms with van der Waals surface area (Å²) < 4.78 is 0. The third-order valence-electron chi connectivity index (χ3n) is 6.58. The van der Waals surface area contributed by atoms with Gasteiger partial charge in [0.1, 0.15) is 5.60 Å². The third-order valence-corrected chi connectivity index (χ3v) is 6.95. The highest BCUT2D eigenvalue weighted by Gasteiger charge is 2.42. The van der Waals surface area contributed by atoms with Crippen molar-refractivity contribution >= 4 is 23.3 Å². The number of aromatic carboxylic acids is 1. The van der Waals surface area contributed by atoms with Crippen molar-refractivity contribution in [3.63, 3.8) is 0 Å². The zero-order valence-corrected chi connectivity index (χ0v) is 17.6. The summed E-state index contributed by atoms with van der Waals surface area (Å²) in [6, 6.07) is 13.4. The fraction of sp³-hybridized carbons (Fsp3) is 0.417. The molecule has 0 amide bonds. The van der Waals surface area contributed by atoms with Gasteiger partial charge in [-0.25, -0.2) is 4.79 Å². The van der Waals surface area contributed by atoms with Gasteiger partial charge < -0.3 is 9.94 Å². The molecule has 1 saturated heterocycles.